The highest BCUT2D eigenvalue weighted by Crippen LogP contribution is 2.39. The van der Waals surface area contributed by atoms with Gasteiger partial charge in [-0.25, -0.2) is 4.98 Å². The van der Waals surface area contributed by atoms with Crippen LogP contribution in [0.3, 0.4) is 0 Å². The number of nitrogens with one attached hydrogen (secondary N) is 2. The van der Waals surface area contributed by atoms with Gasteiger partial charge in [-0.3, -0.25) is 14.4 Å². The molecule has 3 fully saturated rings. The van der Waals surface area contributed by atoms with Gasteiger partial charge in [0.1, 0.15) is 12.0 Å². The number of nitrogens with zero attached hydrogens (tertiary/aromatic N) is 4. The van der Waals surface area contributed by atoms with Gasteiger partial charge in [-0.1, -0.05) is 18.7 Å². The van der Waals surface area contributed by atoms with Gasteiger partial charge < -0.3 is 34.9 Å². The third-order valence-electron chi connectivity index (χ3n) is 7.99. The molecule has 11 heteroatoms. The van der Waals surface area contributed by atoms with Crippen LogP contribution in [-0.2, 0) is 4.79 Å². The summed E-state index contributed by atoms with van der Waals surface area (Å²) < 4.78 is 5.52. The number of oxazole rings is 1. The van der Waals surface area contributed by atoms with E-state index < -0.39 is 5.91 Å². The number of hydrogen-bond acceptors (Lipinski definition) is 8. The fourth-order valence-corrected chi connectivity index (χ4v) is 5.33. The van der Waals surface area contributed by atoms with Crippen LogP contribution in [0.4, 0.5) is 11.4 Å². The van der Waals surface area contributed by atoms with Gasteiger partial charge in [0.2, 0.25) is 5.91 Å². The number of benzene rings is 1. The van der Waals surface area contributed by atoms with Crippen molar-refractivity contribution < 1.29 is 23.9 Å². The Morgan fingerprint density at radius 1 is 1.16 bits per heavy atom. The fraction of sp³-hybridized carbons (Fsp3) is 0.438. The molecule has 0 bridgehead atoms. The van der Waals surface area contributed by atoms with Crippen molar-refractivity contribution in [3.8, 4) is 0 Å². The second-order valence-electron chi connectivity index (χ2n) is 11.1. The largest absolute Gasteiger partial charge is 0.506 e. The Hall–Kier alpha value is -4.54. The van der Waals surface area contributed by atoms with Crippen molar-refractivity contribution in [2.75, 3.05) is 56.0 Å². The van der Waals surface area contributed by atoms with Crippen LogP contribution in [0, 0.1) is 0 Å². The third kappa shape index (κ3) is 7.46. The van der Waals surface area contributed by atoms with Crippen LogP contribution in [0.2, 0.25) is 0 Å². The number of likely N-dealkylation sites (tertiary alicyclic amines) is 1. The van der Waals surface area contributed by atoms with E-state index in [1.54, 1.807) is 24.3 Å². The maximum atomic E-state index is 13.2. The maximum Gasteiger partial charge on any atom is 0.277 e. The Bertz CT molecular complexity index is 1420. The molecular weight excluding hydrogens is 548 g/mol. The molecule has 0 unspecified atom stereocenters. The van der Waals surface area contributed by atoms with Crippen molar-refractivity contribution in [3.05, 3.63) is 77.9 Å². The summed E-state index contributed by atoms with van der Waals surface area (Å²) in [6.45, 7) is 10.3. The topological polar surface area (TPSA) is 131 Å². The summed E-state index contributed by atoms with van der Waals surface area (Å²) >= 11 is 0. The molecule has 2 aliphatic heterocycles. The standard InChI is InChI=1S/C32H40N6O5/c1-3-4-7-28(39)22(2)36-16-18-37(19-17-36)27-12-11-24(30(41)33-13-6-15-38-14-5-8-29(38)40)20-25(27)34-31(42)26-21-43-32(35-26)23-9-10-23/h3-4,7,11-12,20-21,23,39H,2,5-6,8-10,13-19H2,1H3,(H,33,41)(H,34,42)/b4-3-,28-7+. The zero-order valence-electron chi connectivity index (χ0n) is 24.7. The number of hydrogen-bond donors (Lipinski definition) is 3. The number of carbonyl (C=O) groups is 3. The minimum atomic E-state index is -0.407. The molecular formula is C32H40N6O5. The molecule has 11 nitrogen and oxygen atoms in total. The molecule has 2 saturated heterocycles. The van der Waals surface area contributed by atoms with Gasteiger partial charge in [0.05, 0.1) is 17.1 Å². The number of allylic oxidation sites excluding steroid dienone is 3. The first kappa shape index (κ1) is 29.9. The number of anilines is 2. The normalized spacial score (nSPS) is 17.6. The molecule has 3 aliphatic rings. The average molecular weight is 589 g/mol. The van der Waals surface area contributed by atoms with Crippen molar-refractivity contribution in [1.82, 2.24) is 20.1 Å². The molecule has 1 aliphatic carbocycles. The molecule has 1 aromatic heterocycles. The lowest BCUT2D eigenvalue weighted by Crippen LogP contribution is -2.46. The van der Waals surface area contributed by atoms with E-state index in [-0.39, 0.29) is 29.2 Å². The van der Waals surface area contributed by atoms with Gasteiger partial charge in [0.15, 0.2) is 11.6 Å². The summed E-state index contributed by atoms with van der Waals surface area (Å²) in [5.74, 6) is 0.501. The van der Waals surface area contributed by atoms with E-state index in [1.807, 2.05) is 28.9 Å². The summed E-state index contributed by atoms with van der Waals surface area (Å²) in [4.78, 5) is 48.5. The number of aliphatic hydroxyl groups excluding tert-OH is 1. The Kier molecular flexibility index (Phi) is 9.48. The highest BCUT2D eigenvalue weighted by Gasteiger charge is 2.30. The minimum Gasteiger partial charge on any atom is -0.506 e. The van der Waals surface area contributed by atoms with Gasteiger partial charge >= 0.3 is 0 Å². The molecule has 5 rings (SSSR count). The zero-order valence-corrected chi connectivity index (χ0v) is 24.7. The van der Waals surface area contributed by atoms with E-state index in [9.17, 15) is 19.5 Å². The lowest BCUT2D eigenvalue weighted by molar-refractivity contribution is -0.127. The molecule has 3 heterocycles. The molecule has 0 spiro atoms. The monoisotopic (exact) mass is 588 g/mol. The summed E-state index contributed by atoms with van der Waals surface area (Å²) in [6, 6.07) is 5.29. The molecule has 1 saturated carbocycles. The first-order valence-corrected chi connectivity index (χ1v) is 15.0. The highest BCUT2D eigenvalue weighted by atomic mass is 16.3. The number of rotatable bonds is 12. The fourth-order valence-electron chi connectivity index (χ4n) is 5.33. The van der Waals surface area contributed by atoms with Gasteiger partial charge in [-0.05, 0) is 56.9 Å². The lowest BCUT2D eigenvalue weighted by atomic mass is 10.1. The van der Waals surface area contributed by atoms with E-state index in [1.165, 1.54) is 6.26 Å². The Balaban J connectivity index is 1.27. The van der Waals surface area contributed by atoms with Gasteiger partial charge in [-0.2, -0.15) is 0 Å². The lowest BCUT2D eigenvalue weighted by Gasteiger charge is -2.38. The van der Waals surface area contributed by atoms with E-state index in [2.05, 4.69) is 27.1 Å². The second-order valence-corrected chi connectivity index (χ2v) is 11.1. The first-order chi connectivity index (χ1) is 20.8. The molecule has 0 radical (unpaired) electrons. The van der Waals surface area contributed by atoms with E-state index in [4.69, 9.17) is 4.42 Å². The Morgan fingerprint density at radius 2 is 1.95 bits per heavy atom. The van der Waals surface area contributed by atoms with E-state index >= 15 is 0 Å². The van der Waals surface area contributed by atoms with Crippen LogP contribution in [-0.4, -0.2) is 83.4 Å². The van der Waals surface area contributed by atoms with Crippen molar-refractivity contribution in [3.63, 3.8) is 0 Å². The SMILES string of the molecule is C=C(/C(O)=C\C=C/C)N1CCN(c2ccc(C(=O)NCCCN3CCCC3=O)cc2NC(=O)c2coc(C3CC3)n2)CC1. The van der Waals surface area contributed by atoms with E-state index in [0.717, 1.165) is 31.5 Å². The Morgan fingerprint density at radius 3 is 2.65 bits per heavy atom. The smallest absolute Gasteiger partial charge is 0.277 e. The molecule has 2 aromatic rings. The summed E-state index contributed by atoms with van der Waals surface area (Å²) in [5.41, 5.74) is 2.46. The van der Waals surface area contributed by atoms with Gasteiger partial charge in [0, 0.05) is 63.7 Å². The summed E-state index contributed by atoms with van der Waals surface area (Å²) in [6.07, 6.45) is 10.8. The molecule has 3 amide bonds. The van der Waals surface area contributed by atoms with Crippen LogP contribution in [0.1, 0.15) is 71.7 Å². The van der Waals surface area contributed by atoms with Crippen molar-refractivity contribution in [1.29, 1.82) is 0 Å². The number of amides is 3. The van der Waals surface area contributed by atoms with Gasteiger partial charge in [0.25, 0.3) is 11.8 Å². The van der Waals surface area contributed by atoms with Crippen LogP contribution in [0.25, 0.3) is 0 Å². The number of piperazine rings is 1. The summed E-state index contributed by atoms with van der Waals surface area (Å²) in [7, 11) is 0. The first-order valence-electron chi connectivity index (χ1n) is 15.0. The van der Waals surface area contributed by atoms with Crippen LogP contribution < -0.4 is 15.5 Å². The third-order valence-corrected chi connectivity index (χ3v) is 7.99. The minimum absolute atomic E-state index is 0.125. The van der Waals surface area contributed by atoms with Crippen molar-refractivity contribution in [2.45, 2.75) is 44.9 Å². The van der Waals surface area contributed by atoms with Crippen LogP contribution >= 0.6 is 0 Å². The maximum absolute atomic E-state index is 13.2. The Labute approximate surface area is 251 Å². The molecule has 228 valence electrons. The predicted octanol–water partition coefficient (Wildman–Crippen LogP) is 4.20. The predicted molar refractivity (Wildman–Crippen MR) is 164 cm³/mol. The zero-order chi connectivity index (χ0) is 30.3. The quantitative estimate of drug-likeness (QED) is 0.191. The average Bonchev–Trinajstić information content (AvgIpc) is 3.60. The van der Waals surface area contributed by atoms with Crippen molar-refractivity contribution in [2.24, 2.45) is 0 Å². The van der Waals surface area contributed by atoms with Gasteiger partial charge in [-0.15, -0.1) is 0 Å². The van der Waals surface area contributed by atoms with E-state index in [0.29, 0.717) is 74.9 Å². The van der Waals surface area contributed by atoms with Crippen LogP contribution in [0.15, 0.2) is 65.1 Å². The van der Waals surface area contributed by atoms with Crippen molar-refractivity contribution >= 4 is 29.1 Å². The molecule has 0 atom stereocenters. The number of aromatic nitrogens is 1. The van der Waals surface area contributed by atoms with Crippen LogP contribution in [0.5, 0.6) is 0 Å². The highest BCUT2D eigenvalue weighted by molar-refractivity contribution is 6.06. The molecule has 1 aromatic carbocycles. The summed E-state index contributed by atoms with van der Waals surface area (Å²) in [5, 5.41) is 16.2. The number of aliphatic hydroxyl groups is 1. The molecule has 3 N–H and O–H groups in total. The number of carbonyl (C=O) groups excluding carboxylic acids is 3. The second kappa shape index (κ2) is 13.6. The molecule has 43 heavy (non-hydrogen) atoms.